The molecule has 1 saturated heterocycles. The van der Waals surface area contributed by atoms with Crippen LogP contribution >= 0.6 is 0 Å². The average Bonchev–Trinajstić information content (AvgIpc) is 3.45. The number of rotatable bonds is 11. The zero-order valence-electron chi connectivity index (χ0n) is 17.1. The summed E-state index contributed by atoms with van der Waals surface area (Å²) in [6.07, 6.45) is 5.30. The summed E-state index contributed by atoms with van der Waals surface area (Å²) >= 11 is 0. The van der Waals surface area contributed by atoms with Crippen LogP contribution < -0.4 is 10.6 Å². The summed E-state index contributed by atoms with van der Waals surface area (Å²) in [6, 6.07) is 8.29. The molecule has 1 amide bonds. The molecule has 0 unspecified atom stereocenters. The lowest BCUT2D eigenvalue weighted by Crippen LogP contribution is -2.38. The van der Waals surface area contributed by atoms with Gasteiger partial charge in [0.1, 0.15) is 0 Å². The Hall–Kier alpha value is -2.08. The Morgan fingerprint density at radius 2 is 2.07 bits per heavy atom. The third kappa shape index (κ3) is 6.82. The van der Waals surface area contributed by atoms with E-state index in [0.29, 0.717) is 19.5 Å². The molecule has 0 radical (unpaired) electrons. The van der Waals surface area contributed by atoms with Crippen molar-refractivity contribution in [3.8, 4) is 0 Å². The molecule has 0 bridgehead atoms. The van der Waals surface area contributed by atoms with Gasteiger partial charge < -0.3 is 20.3 Å². The molecule has 0 atom stereocenters. The largest absolute Gasteiger partial charge is 0.381 e. The maximum Gasteiger partial charge on any atom is 0.222 e. The standard InChI is InChI=1S/C22H34N4O2/c1-2-23-22(24-12-6-14-28-17-18-10-11-18)25-15-19-7-3-4-8-20(19)16-26-13-5-9-21(26)27/h3-4,7-8,18H,2,5-6,9-17H2,1H3,(H2,23,24,25). The molecule has 2 fully saturated rings. The fraction of sp³-hybridized carbons (Fsp3) is 0.636. The smallest absolute Gasteiger partial charge is 0.222 e. The second kappa shape index (κ2) is 11.1. The minimum atomic E-state index is 0.261. The van der Waals surface area contributed by atoms with E-state index in [0.717, 1.165) is 57.6 Å². The molecule has 3 rings (SSSR count). The second-order valence-electron chi connectivity index (χ2n) is 7.68. The molecule has 1 heterocycles. The minimum absolute atomic E-state index is 0.261. The molecule has 1 aliphatic carbocycles. The van der Waals surface area contributed by atoms with Gasteiger partial charge >= 0.3 is 0 Å². The molecule has 2 aliphatic rings. The van der Waals surface area contributed by atoms with Crippen molar-refractivity contribution in [1.82, 2.24) is 15.5 Å². The van der Waals surface area contributed by atoms with Gasteiger partial charge in [0.15, 0.2) is 5.96 Å². The van der Waals surface area contributed by atoms with E-state index < -0.39 is 0 Å². The van der Waals surface area contributed by atoms with Crippen LogP contribution in [0.15, 0.2) is 29.3 Å². The number of hydrogen-bond acceptors (Lipinski definition) is 3. The third-order valence-corrected chi connectivity index (χ3v) is 5.21. The van der Waals surface area contributed by atoms with E-state index >= 15 is 0 Å². The van der Waals surface area contributed by atoms with E-state index in [1.165, 1.54) is 24.0 Å². The van der Waals surface area contributed by atoms with Gasteiger partial charge in [-0.3, -0.25) is 4.79 Å². The van der Waals surface area contributed by atoms with Crippen LogP contribution in [0.25, 0.3) is 0 Å². The first kappa shape index (κ1) is 20.6. The number of carbonyl (C=O) groups excluding carboxylic acids is 1. The highest BCUT2D eigenvalue weighted by Crippen LogP contribution is 2.28. The number of nitrogens with zero attached hydrogens (tertiary/aromatic N) is 2. The number of nitrogens with one attached hydrogen (secondary N) is 2. The fourth-order valence-electron chi connectivity index (χ4n) is 3.36. The first-order valence-electron chi connectivity index (χ1n) is 10.7. The molecule has 1 aliphatic heterocycles. The lowest BCUT2D eigenvalue weighted by Gasteiger charge is -2.18. The van der Waals surface area contributed by atoms with Gasteiger partial charge in [-0.15, -0.1) is 0 Å². The van der Waals surface area contributed by atoms with Crippen molar-refractivity contribution in [1.29, 1.82) is 0 Å². The lowest BCUT2D eigenvalue weighted by molar-refractivity contribution is -0.128. The van der Waals surface area contributed by atoms with Crippen LogP contribution in [0.4, 0.5) is 0 Å². The van der Waals surface area contributed by atoms with Crippen LogP contribution in [0, 0.1) is 5.92 Å². The molecule has 1 aromatic carbocycles. The summed E-state index contributed by atoms with van der Waals surface area (Å²) < 4.78 is 5.68. The van der Waals surface area contributed by atoms with Gasteiger partial charge in [0.25, 0.3) is 0 Å². The minimum Gasteiger partial charge on any atom is -0.381 e. The highest BCUT2D eigenvalue weighted by Gasteiger charge is 2.21. The number of carbonyl (C=O) groups is 1. The fourth-order valence-corrected chi connectivity index (χ4v) is 3.36. The molecule has 6 nitrogen and oxygen atoms in total. The van der Waals surface area contributed by atoms with Crippen LogP contribution in [-0.2, 0) is 22.6 Å². The number of amides is 1. The Morgan fingerprint density at radius 1 is 1.25 bits per heavy atom. The number of benzene rings is 1. The number of aliphatic imine (C=N–C) groups is 1. The Kier molecular flexibility index (Phi) is 8.15. The summed E-state index contributed by atoms with van der Waals surface area (Å²) in [4.78, 5) is 18.6. The predicted octanol–water partition coefficient (Wildman–Crippen LogP) is 2.68. The third-order valence-electron chi connectivity index (χ3n) is 5.21. The Balaban J connectivity index is 1.48. The predicted molar refractivity (Wildman–Crippen MR) is 112 cm³/mol. The van der Waals surface area contributed by atoms with Crippen molar-refractivity contribution < 1.29 is 9.53 Å². The van der Waals surface area contributed by atoms with Crippen molar-refractivity contribution in [2.24, 2.45) is 10.9 Å². The molecular weight excluding hydrogens is 352 g/mol. The maximum atomic E-state index is 11.9. The van der Waals surface area contributed by atoms with Crippen molar-refractivity contribution in [3.63, 3.8) is 0 Å². The van der Waals surface area contributed by atoms with Crippen molar-refractivity contribution in [2.75, 3.05) is 32.8 Å². The average molecular weight is 387 g/mol. The topological polar surface area (TPSA) is 66.0 Å². The zero-order valence-corrected chi connectivity index (χ0v) is 17.1. The van der Waals surface area contributed by atoms with E-state index in [1.54, 1.807) is 0 Å². The molecule has 1 saturated carbocycles. The van der Waals surface area contributed by atoms with Gasteiger partial charge in [-0.05, 0) is 49.7 Å². The number of likely N-dealkylation sites (tertiary alicyclic amines) is 1. The summed E-state index contributed by atoms with van der Waals surface area (Å²) in [5.74, 6) is 1.91. The number of ether oxygens (including phenoxy) is 1. The van der Waals surface area contributed by atoms with Crippen LogP contribution in [0.5, 0.6) is 0 Å². The van der Waals surface area contributed by atoms with Crippen molar-refractivity contribution in [2.45, 2.75) is 52.1 Å². The summed E-state index contributed by atoms with van der Waals surface area (Å²) in [7, 11) is 0. The van der Waals surface area contributed by atoms with Crippen molar-refractivity contribution in [3.05, 3.63) is 35.4 Å². The molecule has 28 heavy (non-hydrogen) atoms. The van der Waals surface area contributed by atoms with E-state index in [9.17, 15) is 4.79 Å². The second-order valence-corrected chi connectivity index (χ2v) is 7.68. The Bertz CT molecular complexity index is 658. The summed E-state index contributed by atoms with van der Waals surface area (Å²) in [5, 5.41) is 6.69. The highest BCUT2D eigenvalue weighted by molar-refractivity contribution is 5.79. The molecule has 1 aromatic rings. The van der Waals surface area contributed by atoms with Gasteiger partial charge in [0.05, 0.1) is 6.54 Å². The number of hydrogen-bond donors (Lipinski definition) is 2. The first-order valence-corrected chi connectivity index (χ1v) is 10.7. The summed E-state index contributed by atoms with van der Waals surface area (Å²) in [5.41, 5.74) is 2.36. The molecule has 0 spiro atoms. The molecule has 2 N–H and O–H groups in total. The highest BCUT2D eigenvalue weighted by atomic mass is 16.5. The van der Waals surface area contributed by atoms with Gasteiger partial charge in [0.2, 0.25) is 5.91 Å². The van der Waals surface area contributed by atoms with Gasteiger partial charge in [-0.2, -0.15) is 0 Å². The van der Waals surface area contributed by atoms with E-state index in [2.05, 4.69) is 29.7 Å². The normalized spacial score (nSPS) is 17.2. The van der Waals surface area contributed by atoms with Crippen LogP contribution in [0.3, 0.4) is 0 Å². The Morgan fingerprint density at radius 3 is 2.79 bits per heavy atom. The quantitative estimate of drug-likeness (QED) is 0.349. The maximum absolute atomic E-state index is 11.9. The first-order chi connectivity index (χ1) is 13.8. The molecule has 0 aromatic heterocycles. The van der Waals surface area contributed by atoms with Crippen LogP contribution in [0.2, 0.25) is 0 Å². The van der Waals surface area contributed by atoms with Gasteiger partial charge in [-0.1, -0.05) is 24.3 Å². The lowest BCUT2D eigenvalue weighted by atomic mass is 10.1. The van der Waals surface area contributed by atoms with E-state index in [-0.39, 0.29) is 5.91 Å². The monoisotopic (exact) mass is 386 g/mol. The van der Waals surface area contributed by atoms with Gasteiger partial charge in [-0.25, -0.2) is 4.99 Å². The van der Waals surface area contributed by atoms with E-state index in [1.807, 2.05) is 17.0 Å². The summed E-state index contributed by atoms with van der Waals surface area (Å²) in [6.45, 7) is 7.62. The molecule has 6 heteroatoms. The van der Waals surface area contributed by atoms with Crippen LogP contribution in [-0.4, -0.2) is 49.6 Å². The van der Waals surface area contributed by atoms with E-state index in [4.69, 9.17) is 9.73 Å². The van der Waals surface area contributed by atoms with Gasteiger partial charge in [0, 0.05) is 45.8 Å². The SMILES string of the molecule is CCNC(=NCc1ccccc1CN1CCCC1=O)NCCCOCC1CC1. The van der Waals surface area contributed by atoms with Crippen molar-refractivity contribution >= 4 is 11.9 Å². The molecular formula is C22H34N4O2. The van der Waals surface area contributed by atoms with Crippen LogP contribution in [0.1, 0.15) is 50.2 Å². The molecule has 154 valence electrons. The zero-order chi connectivity index (χ0) is 19.6. The Labute approximate surface area is 168 Å². The number of guanidine groups is 1.